The molecule has 0 bridgehead atoms. The van der Waals surface area contributed by atoms with Gasteiger partial charge in [0.2, 0.25) is 0 Å². The molecular weight excluding hydrogens is 490 g/mol. The van der Waals surface area contributed by atoms with E-state index < -0.39 is 5.60 Å². The van der Waals surface area contributed by atoms with Gasteiger partial charge in [0.05, 0.1) is 19.6 Å². The van der Waals surface area contributed by atoms with E-state index in [1.165, 1.54) is 0 Å². The van der Waals surface area contributed by atoms with E-state index in [0.29, 0.717) is 23.4 Å². The van der Waals surface area contributed by atoms with Gasteiger partial charge in [-0.1, -0.05) is 6.07 Å². The lowest BCUT2D eigenvalue weighted by Crippen LogP contribution is -2.59. The van der Waals surface area contributed by atoms with Crippen LogP contribution in [-0.2, 0) is 18.3 Å². The summed E-state index contributed by atoms with van der Waals surface area (Å²) in [5, 5.41) is 0.711. The molecule has 9 heteroatoms. The summed E-state index contributed by atoms with van der Waals surface area (Å²) in [7, 11) is 5.01. The average molecular weight is 528 g/mol. The lowest BCUT2D eigenvalue weighted by atomic mass is 10.1. The van der Waals surface area contributed by atoms with E-state index in [-0.39, 0.29) is 23.7 Å². The molecule has 2 aromatic heterocycles. The van der Waals surface area contributed by atoms with Crippen molar-refractivity contribution in [3.8, 4) is 22.6 Å². The number of amides is 1. The van der Waals surface area contributed by atoms with Crippen LogP contribution in [0.2, 0.25) is 0 Å². The normalized spacial score (nSPS) is 18.8. The van der Waals surface area contributed by atoms with Crippen molar-refractivity contribution in [3.63, 3.8) is 0 Å². The summed E-state index contributed by atoms with van der Waals surface area (Å²) in [6, 6.07) is 7.86. The minimum Gasteiger partial charge on any atom is -0.493 e. The zero-order valence-corrected chi connectivity index (χ0v) is 23.8. The maximum Gasteiger partial charge on any atom is 0.410 e. The predicted molar refractivity (Wildman–Crippen MR) is 148 cm³/mol. The number of aromatic nitrogens is 1. The van der Waals surface area contributed by atoms with E-state index >= 15 is 0 Å². The first-order valence-electron chi connectivity index (χ1n) is 12.5. The molecule has 2 unspecified atom stereocenters. The maximum absolute atomic E-state index is 13.0. The Bertz CT molecular complexity index is 1340. The van der Waals surface area contributed by atoms with Crippen molar-refractivity contribution >= 4 is 27.5 Å². The second-order valence-corrected chi connectivity index (χ2v) is 11.9. The monoisotopic (exact) mass is 527 g/mol. The highest BCUT2D eigenvalue weighted by atomic mass is 32.1. The van der Waals surface area contributed by atoms with Gasteiger partial charge in [0.25, 0.3) is 5.56 Å². The minimum atomic E-state index is -0.525. The number of rotatable bonds is 5. The molecule has 1 amide bonds. The Labute approximate surface area is 222 Å². The molecule has 1 aliphatic heterocycles. The van der Waals surface area contributed by atoms with Crippen molar-refractivity contribution in [1.29, 1.82) is 0 Å². The molecule has 1 fully saturated rings. The Balaban J connectivity index is 1.61. The van der Waals surface area contributed by atoms with Crippen LogP contribution in [-0.4, -0.2) is 65.5 Å². The summed E-state index contributed by atoms with van der Waals surface area (Å²) in [4.78, 5) is 31.1. The quantitative estimate of drug-likeness (QED) is 0.459. The number of thiophene rings is 1. The third-order valence-corrected chi connectivity index (χ3v) is 7.73. The minimum absolute atomic E-state index is 0.0155. The van der Waals surface area contributed by atoms with Gasteiger partial charge in [-0.15, -0.1) is 11.3 Å². The number of methoxy groups -OCH3 is 2. The van der Waals surface area contributed by atoms with Gasteiger partial charge in [0.1, 0.15) is 5.60 Å². The van der Waals surface area contributed by atoms with Gasteiger partial charge >= 0.3 is 6.09 Å². The third-order valence-electron chi connectivity index (χ3n) is 6.57. The molecule has 0 radical (unpaired) electrons. The van der Waals surface area contributed by atoms with Gasteiger partial charge in [0.15, 0.2) is 11.5 Å². The van der Waals surface area contributed by atoms with Gasteiger partial charge in [0, 0.05) is 60.1 Å². The molecule has 4 rings (SSSR count). The number of nitrogens with zero attached hydrogens (tertiary/aromatic N) is 3. The van der Waals surface area contributed by atoms with Crippen LogP contribution in [0.4, 0.5) is 4.79 Å². The standard InChI is InChI=1S/C28H37N3O5S/c1-17-13-30(14-18(2)31(17)27(33)36-28(3,4)5)15-20-12-21-25(37-20)22(16-29(6)26(21)32)19-9-10-23(34-7)24(11-19)35-8/h9-12,16-18H,13-15H2,1-8H3. The predicted octanol–water partition coefficient (Wildman–Crippen LogP) is 5.11. The molecule has 0 aliphatic carbocycles. The Hall–Kier alpha value is -3.04. The molecule has 37 heavy (non-hydrogen) atoms. The molecule has 0 saturated carbocycles. The Kier molecular flexibility index (Phi) is 7.57. The first-order chi connectivity index (χ1) is 17.4. The summed E-state index contributed by atoms with van der Waals surface area (Å²) in [6.07, 6.45) is 1.62. The fourth-order valence-corrected chi connectivity index (χ4v) is 6.27. The fraction of sp³-hybridized carbons (Fsp3) is 0.500. The molecule has 3 aromatic rings. The Morgan fingerprint density at radius 2 is 1.70 bits per heavy atom. The Morgan fingerprint density at radius 3 is 2.30 bits per heavy atom. The van der Waals surface area contributed by atoms with Crippen molar-refractivity contribution in [3.05, 3.63) is 45.7 Å². The molecule has 2 atom stereocenters. The molecule has 3 heterocycles. The highest BCUT2D eigenvalue weighted by molar-refractivity contribution is 7.19. The van der Waals surface area contributed by atoms with Crippen LogP contribution in [0.5, 0.6) is 11.5 Å². The molecule has 1 saturated heterocycles. The summed E-state index contributed by atoms with van der Waals surface area (Å²) in [6.45, 7) is 12.0. The van der Waals surface area contributed by atoms with E-state index in [2.05, 4.69) is 18.7 Å². The largest absolute Gasteiger partial charge is 0.493 e. The number of hydrogen-bond donors (Lipinski definition) is 0. The smallest absolute Gasteiger partial charge is 0.410 e. The molecule has 0 spiro atoms. The highest BCUT2D eigenvalue weighted by Gasteiger charge is 2.35. The van der Waals surface area contributed by atoms with Crippen molar-refractivity contribution in [2.45, 2.75) is 58.8 Å². The number of hydrogen-bond acceptors (Lipinski definition) is 7. The van der Waals surface area contributed by atoms with Crippen LogP contribution in [0.1, 0.15) is 39.5 Å². The molecule has 1 aliphatic rings. The topological polar surface area (TPSA) is 73.2 Å². The number of fused-ring (bicyclic) bond motifs is 1. The van der Waals surface area contributed by atoms with Crippen molar-refractivity contribution in [2.75, 3.05) is 27.3 Å². The molecular formula is C28H37N3O5S. The van der Waals surface area contributed by atoms with E-state index in [1.54, 1.807) is 37.2 Å². The number of carbonyl (C=O) groups excluding carboxylic acids is 1. The average Bonchev–Trinajstić information content (AvgIpc) is 3.23. The second kappa shape index (κ2) is 10.4. The van der Waals surface area contributed by atoms with Gasteiger partial charge < -0.3 is 23.7 Å². The summed E-state index contributed by atoms with van der Waals surface area (Å²) >= 11 is 1.64. The number of benzene rings is 1. The number of pyridine rings is 1. The fourth-order valence-electron chi connectivity index (χ4n) is 5.05. The SMILES string of the molecule is COc1ccc(-c2cn(C)c(=O)c3cc(CN4CC(C)N(C(=O)OC(C)(C)C)C(C)C4)sc23)cc1OC. The van der Waals surface area contributed by atoms with E-state index in [0.717, 1.165) is 33.8 Å². The van der Waals surface area contributed by atoms with Gasteiger partial charge in [-0.25, -0.2) is 4.79 Å². The summed E-state index contributed by atoms with van der Waals surface area (Å²) in [5.41, 5.74) is 1.39. The van der Waals surface area contributed by atoms with Crippen LogP contribution in [0, 0.1) is 0 Å². The first kappa shape index (κ1) is 27.0. The van der Waals surface area contributed by atoms with Crippen molar-refractivity contribution < 1.29 is 19.0 Å². The lowest BCUT2D eigenvalue weighted by molar-refractivity contribution is -0.0161. The highest BCUT2D eigenvalue weighted by Crippen LogP contribution is 2.38. The summed E-state index contributed by atoms with van der Waals surface area (Å²) in [5.74, 6) is 1.30. The number of piperazine rings is 1. The third kappa shape index (κ3) is 5.62. The molecule has 0 N–H and O–H groups in total. The zero-order chi connectivity index (χ0) is 27.1. The van der Waals surface area contributed by atoms with Crippen LogP contribution < -0.4 is 15.0 Å². The van der Waals surface area contributed by atoms with E-state index in [4.69, 9.17) is 14.2 Å². The van der Waals surface area contributed by atoms with Crippen LogP contribution in [0.25, 0.3) is 21.2 Å². The Morgan fingerprint density at radius 1 is 1.05 bits per heavy atom. The van der Waals surface area contributed by atoms with E-state index in [9.17, 15) is 9.59 Å². The maximum atomic E-state index is 13.0. The van der Waals surface area contributed by atoms with Crippen molar-refractivity contribution in [2.24, 2.45) is 7.05 Å². The number of aryl methyl sites for hydroxylation is 1. The van der Waals surface area contributed by atoms with Crippen molar-refractivity contribution in [1.82, 2.24) is 14.4 Å². The van der Waals surface area contributed by atoms with Crippen LogP contribution in [0.15, 0.2) is 35.3 Å². The van der Waals surface area contributed by atoms with Gasteiger partial charge in [-0.3, -0.25) is 9.69 Å². The van der Waals surface area contributed by atoms with Crippen LogP contribution >= 0.6 is 11.3 Å². The molecule has 200 valence electrons. The lowest BCUT2D eigenvalue weighted by Gasteiger charge is -2.44. The molecule has 1 aromatic carbocycles. The summed E-state index contributed by atoms with van der Waals surface area (Å²) < 4.78 is 19.1. The number of ether oxygens (including phenoxy) is 3. The zero-order valence-electron chi connectivity index (χ0n) is 23.0. The second-order valence-electron chi connectivity index (χ2n) is 10.8. The van der Waals surface area contributed by atoms with Gasteiger partial charge in [-0.2, -0.15) is 0 Å². The van der Waals surface area contributed by atoms with Gasteiger partial charge in [-0.05, 0) is 58.4 Å². The molecule has 8 nitrogen and oxygen atoms in total. The number of carbonyl (C=O) groups is 1. The van der Waals surface area contributed by atoms with Crippen LogP contribution in [0.3, 0.4) is 0 Å². The first-order valence-corrected chi connectivity index (χ1v) is 13.3. The van der Waals surface area contributed by atoms with E-state index in [1.807, 2.05) is 56.1 Å².